The van der Waals surface area contributed by atoms with E-state index in [0.29, 0.717) is 12.8 Å². The number of allylic oxidation sites excluding steroid dienone is 4. The molecule has 0 heterocycles. The summed E-state index contributed by atoms with van der Waals surface area (Å²) >= 11 is 0. The number of carboxylic acids is 1. The van der Waals surface area contributed by atoms with Crippen LogP contribution in [0.3, 0.4) is 0 Å². The Morgan fingerprint density at radius 2 is 2.04 bits per heavy atom. The molecule has 0 spiro atoms. The van der Waals surface area contributed by atoms with E-state index < -0.39 is 11.8 Å². The molecule has 25 heavy (non-hydrogen) atoms. The van der Waals surface area contributed by atoms with Crippen molar-refractivity contribution in [2.75, 3.05) is 13.2 Å². The Morgan fingerprint density at radius 3 is 2.72 bits per heavy atom. The monoisotopic (exact) mass is 354 g/mol. The van der Waals surface area contributed by atoms with E-state index >= 15 is 0 Å². The van der Waals surface area contributed by atoms with Crippen LogP contribution in [-0.4, -0.2) is 46.1 Å². The van der Waals surface area contributed by atoms with Gasteiger partial charge in [-0.3, -0.25) is 4.79 Å². The first-order valence-corrected chi connectivity index (χ1v) is 8.98. The number of carbonyl (C=O) groups excluding carboxylic acids is 1. The summed E-state index contributed by atoms with van der Waals surface area (Å²) < 4.78 is 5.29. The Hall–Kier alpha value is -1.50. The van der Waals surface area contributed by atoms with Gasteiger partial charge in [-0.2, -0.15) is 0 Å². The topological polar surface area (TPSA) is 104 Å². The minimum atomic E-state index is -2.69. The number of ketones is 1. The number of hydrogen-bond donors (Lipinski definition) is 3. The van der Waals surface area contributed by atoms with E-state index in [1.807, 2.05) is 13.0 Å². The zero-order chi connectivity index (χ0) is 18.7. The third-order valence-electron chi connectivity index (χ3n) is 4.46. The van der Waals surface area contributed by atoms with Crippen molar-refractivity contribution in [3.8, 4) is 0 Å². The number of aliphatic hydroxyl groups is 2. The molecule has 3 N–H and O–H groups in total. The van der Waals surface area contributed by atoms with E-state index in [1.165, 1.54) is 0 Å². The lowest BCUT2D eigenvalue weighted by molar-refractivity contribution is -0.205. The van der Waals surface area contributed by atoms with Crippen molar-refractivity contribution in [3.05, 3.63) is 24.3 Å². The zero-order valence-electron chi connectivity index (χ0n) is 14.9. The third kappa shape index (κ3) is 7.94. The second-order valence-electron chi connectivity index (χ2n) is 6.41. The Morgan fingerprint density at radius 1 is 1.28 bits per heavy atom. The maximum atomic E-state index is 12.0. The average Bonchev–Trinajstić information content (AvgIpc) is 2.90. The maximum absolute atomic E-state index is 12.0. The van der Waals surface area contributed by atoms with Gasteiger partial charge >= 0.3 is 5.97 Å². The van der Waals surface area contributed by atoms with Crippen molar-refractivity contribution in [1.82, 2.24) is 0 Å². The van der Waals surface area contributed by atoms with Crippen LogP contribution in [-0.2, 0) is 14.3 Å². The van der Waals surface area contributed by atoms with E-state index in [9.17, 15) is 19.8 Å². The smallest absolute Gasteiger partial charge is 0.364 e. The number of ether oxygens (including phenoxy) is 1. The lowest BCUT2D eigenvalue weighted by atomic mass is 9.91. The van der Waals surface area contributed by atoms with Gasteiger partial charge in [0.1, 0.15) is 5.78 Å². The van der Waals surface area contributed by atoms with Gasteiger partial charge in [0.2, 0.25) is 0 Å². The molecule has 0 aromatic heterocycles. The number of Topliss-reactive ketones (excluding diaryl/α,β-unsaturated/α-hetero) is 1. The van der Waals surface area contributed by atoms with Crippen LogP contribution in [0.4, 0.5) is 0 Å². The van der Waals surface area contributed by atoms with Gasteiger partial charge in [0.25, 0.3) is 5.79 Å². The van der Waals surface area contributed by atoms with E-state index in [2.05, 4.69) is 12.2 Å². The lowest BCUT2D eigenvalue weighted by Gasteiger charge is -2.15. The second-order valence-corrected chi connectivity index (χ2v) is 6.41. The fourth-order valence-electron chi connectivity index (χ4n) is 2.94. The fourth-order valence-corrected chi connectivity index (χ4v) is 2.94. The highest BCUT2D eigenvalue weighted by atomic mass is 16.5. The van der Waals surface area contributed by atoms with Crippen molar-refractivity contribution in [2.45, 2.75) is 57.7 Å². The van der Waals surface area contributed by atoms with Crippen LogP contribution in [0.5, 0.6) is 0 Å². The van der Waals surface area contributed by atoms with Crippen molar-refractivity contribution < 1.29 is 29.6 Å². The quantitative estimate of drug-likeness (QED) is 0.282. The third-order valence-corrected chi connectivity index (χ3v) is 4.46. The number of hydrogen-bond acceptors (Lipinski definition) is 5. The summed E-state index contributed by atoms with van der Waals surface area (Å²) in [4.78, 5) is 22.6. The molecule has 0 aromatic rings. The summed E-state index contributed by atoms with van der Waals surface area (Å²) in [6.07, 6.45) is 11.7. The van der Waals surface area contributed by atoms with Crippen molar-refractivity contribution in [3.63, 3.8) is 0 Å². The molecule has 1 saturated carbocycles. The average molecular weight is 354 g/mol. The Kier molecular flexibility index (Phi) is 9.63. The Bertz CT molecular complexity index is 480. The highest BCUT2D eigenvalue weighted by Gasteiger charge is 2.32. The van der Waals surface area contributed by atoms with Gasteiger partial charge in [0, 0.05) is 32.0 Å². The standard InChI is InChI=1S/C19H30O6/c1-2-25-14-8-4-5-9-15-11-12-17(20)16(15)10-6-3-7-13-19(23,24)18(21)22/h3,5-6,9,15-16,23-24H,2,4,7-8,10-14H2,1H3,(H,21,22)/b6-3-,9-5+/t15-,16+/m0/s1. The summed E-state index contributed by atoms with van der Waals surface area (Å²) in [5, 5.41) is 27.0. The summed E-state index contributed by atoms with van der Waals surface area (Å²) in [6, 6.07) is 0. The molecular weight excluding hydrogens is 324 g/mol. The summed E-state index contributed by atoms with van der Waals surface area (Å²) in [6.45, 7) is 3.46. The van der Waals surface area contributed by atoms with Crippen LogP contribution in [0.2, 0.25) is 0 Å². The number of rotatable bonds is 12. The van der Waals surface area contributed by atoms with E-state index in [4.69, 9.17) is 9.84 Å². The van der Waals surface area contributed by atoms with E-state index in [0.717, 1.165) is 32.5 Å². The van der Waals surface area contributed by atoms with Crippen LogP contribution in [0.15, 0.2) is 24.3 Å². The molecule has 0 bridgehead atoms. The van der Waals surface area contributed by atoms with E-state index in [1.54, 1.807) is 6.08 Å². The summed E-state index contributed by atoms with van der Waals surface area (Å²) in [5.41, 5.74) is 0. The van der Waals surface area contributed by atoms with Gasteiger partial charge in [-0.05, 0) is 44.9 Å². The van der Waals surface area contributed by atoms with Crippen LogP contribution >= 0.6 is 0 Å². The number of carboxylic acid groups (broad SMARTS) is 1. The van der Waals surface area contributed by atoms with Crippen LogP contribution in [0, 0.1) is 11.8 Å². The molecule has 0 unspecified atom stereocenters. The molecule has 1 aliphatic carbocycles. The van der Waals surface area contributed by atoms with Gasteiger partial charge in [-0.1, -0.05) is 24.3 Å². The van der Waals surface area contributed by atoms with Crippen LogP contribution < -0.4 is 0 Å². The molecule has 1 fully saturated rings. The second kappa shape index (κ2) is 11.2. The van der Waals surface area contributed by atoms with Gasteiger partial charge in [-0.15, -0.1) is 0 Å². The van der Waals surface area contributed by atoms with Gasteiger partial charge in [-0.25, -0.2) is 4.79 Å². The SMILES string of the molecule is CCOCCC/C=C/[C@H]1CCC(=O)[C@@H]1C/C=C\CCC(O)(O)C(=O)O. The largest absolute Gasteiger partial charge is 0.477 e. The van der Waals surface area contributed by atoms with Crippen LogP contribution in [0.25, 0.3) is 0 Å². The first kappa shape index (κ1) is 21.5. The van der Waals surface area contributed by atoms with Gasteiger partial charge < -0.3 is 20.1 Å². The Balaban J connectivity index is 2.36. The minimum absolute atomic E-state index is 0.0353. The first-order valence-electron chi connectivity index (χ1n) is 8.98. The molecule has 1 aliphatic rings. The van der Waals surface area contributed by atoms with Crippen LogP contribution in [0.1, 0.15) is 51.9 Å². The highest BCUT2D eigenvalue weighted by molar-refractivity contribution is 5.83. The highest BCUT2D eigenvalue weighted by Crippen LogP contribution is 2.32. The van der Waals surface area contributed by atoms with Crippen molar-refractivity contribution in [1.29, 1.82) is 0 Å². The molecule has 0 saturated heterocycles. The summed E-state index contributed by atoms with van der Waals surface area (Å²) in [5.74, 6) is -3.87. The predicted molar refractivity (Wildman–Crippen MR) is 93.9 cm³/mol. The molecule has 142 valence electrons. The molecule has 6 heteroatoms. The van der Waals surface area contributed by atoms with Gasteiger partial charge in [0.05, 0.1) is 0 Å². The molecule has 0 amide bonds. The Labute approximate surface area is 149 Å². The maximum Gasteiger partial charge on any atom is 0.364 e. The molecular formula is C19H30O6. The molecule has 6 nitrogen and oxygen atoms in total. The number of carbonyl (C=O) groups is 2. The molecule has 1 rings (SSSR count). The van der Waals surface area contributed by atoms with Crippen molar-refractivity contribution >= 4 is 11.8 Å². The van der Waals surface area contributed by atoms with Gasteiger partial charge in [0.15, 0.2) is 0 Å². The molecule has 0 radical (unpaired) electrons. The molecule has 0 aromatic carbocycles. The fraction of sp³-hybridized carbons (Fsp3) is 0.684. The predicted octanol–water partition coefficient (Wildman–Crippen LogP) is 2.45. The first-order chi connectivity index (χ1) is 11.9. The lowest BCUT2D eigenvalue weighted by Crippen LogP contribution is -2.37. The van der Waals surface area contributed by atoms with Crippen molar-refractivity contribution in [2.24, 2.45) is 11.8 Å². The molecule has 0 aliphatic heterocycles. The normalized spacial score (nSPS) is 21.6. The molecule has 2 atom stereocenters. The minimum Gasteiger partial charge on any atom is -0.477 e. The number of aliphatic carboxylic acids is 1. The zero-order valence-corrected chi connectivity index (χ0v) is 14.9. The summed E-state index contributed by atoms with van der Waals surface area (Å²) in [7, 11) is 0. The number of unbranched alkanes of at least 4 members (excludes halogenated alkanes) is 1. The van der Waals surface area contributed by atoms with E-state index in [-0.39, 0.29) is 30.5 Å².